The van der Waals surface area contributed by atoms with E-state index in [1.807, 2.05) is 30.3 Å². The summed E-state index contributed by atoms with van der Waals surface area (Å²) in [5, 5.41) is 0. The second-order valence-electron chi connectivity index (χ2n) is 6.21. The Labute approximate surface area is 137 Å². The van der Waals surface area contributed by atoms with Crippen molar-refractivity contribution >= 4 is 16.1 Å². The maximum atomic E-state index is 12.3. The lowest BCUT2D eigenvalue weighted by Gasteiger charge is -2.20. The summed E-state index contributed by atoms with van der Waals surface area (Å²) in [6.45, 7) is 2.24. The summed E-state index contributed by atoms with van der Waals surface area (Å²) in [6, 6.07) is 9.68. The van der Waals surface area contributed by atoms with Gasteiger partial charge in [-0.05, 0) is 24.8 Å². The Hall–Kier alpha value is -1.44. The first kappa shape index (κ1) is 16.4. The largest absolute Gasteiger partial charge is 0.341 e. The number of carbonyl (C=O) groups is 1. The molecule has 3 rings (SSSR count). The summed E-state index contributed by atoms with van der Waals surface area (Å²) in [5.74, 6) is 0.0232. The minimum Gasteiger partial charge on any atom is -0.341 e. The van der Waals surface area contributed by atoms with Crippen LogP contribution in [-0.2, 0) is 21.4 Å². The molecule has 2 heterocycles. The van der Waals surface area contributed by atoms with Gasteiger partial charge in [0.25, 0.3) is 10.2 Å². The Kier molecular flexibility index (Phi) is 4.99. The van der Waals surface area contributed by atoms with Crippen LogP contribution in [0.5, 0.6) is 0 Å². The van der Waals surface area contributed by atoms with Crippen molar-refractivity contribution in [1.29, 1.82) is 0 Å². The van der Waals surface area contributed by atoms with Crippen molar-refractivity contribution in [1.82, 2.24) is 13.9 Å². The number of benzene rings is 1. The molecule has 0 aromatic heterocycles. The Morgan fingerprint density at radius 1 is 1.13 bits per heavy atom. The fourth-order valence-corrected chi connectivity index (χ4v) is 4.66. The highest BCUT2D eigenvalue weighted by molar-refractivity contribution is 7.87. The Bertz CT molecular complexity index is 642. The minimum absolute atomic E-state index is 0.0232. The summed E-state index contributed by atoms with van der Waals surface area (Å²) in [5.41, 5.74) is 1.18. The molecule has 2 saturated heterocycles. The zero-order valence-electron chi connectivity index (χ0n) is 13.1. The van der Waals surface area contributed by atoms with Gasteiger partial charge >= 0.3 is 0 Å². The number of nitrogens with zero attached hydrogens (tertiary/aromatic N) is 2. The van der Waals surface area contributed by atoms with Gasteiger partial charge in [-0.3, -0.25) is 4.79 Å². The zero-order valence-corrected chi connectivity index (χ0v) is 14.0. The second kappa shape index (κ2) is 6.98. The molecule has 1 N–H and O–H groups in total. The molecule has 1 atom stereocenters. The predicted molar refractivity (Wildman–Crippen MR) is 88.0 cm³/mol. The monoisotopic (exact) mass is 337 g/mol. The van der Waals surface area contributed by atoms with E-state index in [0.29, 0.717) is 26.2 Å². The standard InChI is InChI=1S/C16H23N3O3S/c20-16-12-15(17-23(21,22)19-9-4-5-10-19)13-18(16)11-8-14-6-2-1-3-7-14/h1-3,6-7,15,17H,4-5,8-13H2/t15-/m0/s1. The third-order valence-corrected chi connectivity index (χ3v) is 6.12. The van der Waals surface area contributed by atoms with Gasteiger partial charge < -0.3 is 4.90 Å². The van der Waals surface area contributed by atoms with Crippen LogP contribution in [0, 0.1) is 0 Å². The highest BCUT2D eigenvalue weighted by Crippen LogP contribution is 2.16. The average molecular weight is 337 g/mol. The van der Waals surface area contributed by atoms with Crippen LogP contribution in [0.15, 0.2) is 30.3 Å². The molecule has 2 aliphatic heterocycles. The molecule has 7 heteroatoms. The van der Waals surface area contributed by atoms with Gasteiger partial charge in [-0.2, -0.15) is 17.4 Å². The van der Waals surface area contributed by atoms with E-state index in [2.05, 4.69) is 4.72 Å². The van der Waals surface area contributed by atoms with Gasteiger partial charge in [0.05, 0.1) is 0 Å². The van der Waals surface area contributed by atoms with Crippen LogP contribution in [0.4, 0.5) is 0 Å². The molecule has 2 fully saturated rings. The van der Waals surface area contributed by atoms with Crippen molar-refractivity contribution in [2.45, 2.75) is 31.7 Å². The SMILES string of the molecule is O=C1C[C@H](NS(=O)(=O)N2CCCC2)CN1CCc1ccccc1. The van der Waals surface area contributed by atoms with Gasteiger partial charge in [0, 0.05) is 38.6 Å². The second-order valence-corrected chi connectivity index (χ2v) is 7.91. The molecule has 23 heavy (non-hydrogen) atoms. The first-order valence-corrected chi connectivity index (χ1v) is 9.58. The van der Waals surface area contributed by atoms with Crippen molar-refractivity contribution < 1.29 is 13.2 Å². The molecule has 1 aromatic carbocycles. The molecule has 0 unspecified atom stereocenters. The van der Waals surface area contributed by atoms with E-state index in [1.54, 1.807) is 4.90 Å². The molecule has 2 aliphatic rings. The lowest BCUT2D eigenvalue weighted by molar-refractivity contribution is -0.127. The van der Waals surface area contributed by atoms with Gasteiger partial charge in [0.15, 0.2) is 0 Å². The zero-order chi connectivity index (χ0) is 16.3. The van der Waals surface area contributed by atoms with Gasteiger partial charge in [-0.15, -0.1) is 0 Å². The summed E-state index contributed by atoms with van der Waals surface area (Å²) < 4.78 is 28.7. The van der Waals surface area contributed by atoms with Gasteiger partial charge in [0.1, 0.15) is 0 Å². The van der Waals surface area contributed by atoms with Gasteiger partial charge in [0.2, 0.25) is 5.91 Å². The molecule has 0 bridgehead atoms. The molecule has 0 radical (unpaired) electrons. The lowest BCUT2D eigenvalue weighted by atomic mass is 10.1. The number of hydrogen-bond acceptors (Lipinski definition) is 3. The normalized spacial score (nSPS) is 22.9. The molecular weight excluding hydrogens is 314 g/mol. The smallest absolute Gasteiger partial charge is 0.279 e. The third kappa shape index (κ3) is 4.10. The van der Waals surface area contributed by atoms with Crippen LogP contribution in [-0.4, -0.2) is 55.8 Å². The summed E-state index contributed by atoms with van der Waals surface area (Å²) in [6.07, 6.45) is 2.86. The fourth-order valence-electron chi connectivity index (χ4n) is 3.19. The summed E-state index contributed by atoms with van der Waals surface area (Å²) in [7, 11) is -3.45. The number of amides is 1. The van der Waals surface area contributed by atoms with Crippen LogP contribution in [0.3, 0.4) is 0 Å². The molecule has 1 amide bonds. The Balaban J connectivity index is 1.53. The molecule has 1 aromatic rings. The molecule has 6 nitrogen and oxygen atoms in total. The molecule has 0 spiro atoms. The quantitative estimate of drug-likeness (QED) is 0.833. The number of likely N-dealkylation sites (tertiary alicyclic amines) is 1. The van der Waals surface area contributed by atoms with Gasteiger partial charge in [-0.25, -0.2) is 0 Å². The van der Waals surface area contributed by atoms with Crippen molar-refractivity contribution in [3.8, 4) is 0 Å². The summed E-state index contributed by atoms with van der Waals surface area (Å²) in [4.78, 5) is 13.8. The number of hydrogen-bond donors (Lipinski definition) is 1. The van der Waals surface area contributed by atoms with Crippen molar-refractivity contribution in [2.24, 2.45) is 0 Å². The van der Waals surface area contributed by atoms with Crippen molar-refractivity contribution in [3.05, 3.63) is 35.9 Å². The maximum Gasteiger partial charge on any atom is 0.279 e. The topological polar surface area (TPSA) is 69.7 Å². The molecular formula is C16H23N3O3S. The van der Waals surface area contributed by atoms with E-state index in [1.165, 1.54) is 9.87 Å². The van der Waals surface area contributed by atoms with E-state index in [4.69, 9.17) is 0 Å². The van der Waals surface area contributed by atoms with Crippen LogP contribution in [0.1, 0.15) is 24.8 Å². The maximum absolute atomic E-state index is 12.3. The molecule has 0 aliphatic carbocycles. The van der Waals surface area contributed by atoms with Crippen LogP contribution < -0.4 is 4.72 Å². The van der Waals surface area contributed by atoms with Gasteiger partial charge in [-0.1, -0.05) is 30.3 Å². The average Bonchev–Trinajstić information content (AvgIpc) is 3.16. The molecule has 0 saturated carbocycles. The Morgan fingerprint density at radius 3 is 2.52 bits per heavy atom. The van der Waals surface area contributed by atoms with Crippen LogP contribution in [0.25, 0.3) is 0 Å². The van der Waals surface area contributed by atoms with E-state index in [9.17, 15) is 13.2 Å². The summed E-state index contributed by atoms with van der Waals surface area (Å²) >= 11 is 0. The van der Waals surface area contributed by atoms with Crippen LogP contribution >= 0.6 is 0 Å². The first-order valence-electron chi connectivity index (χ1n) is 8.14. The van der Waals surface area contributed by atoms with E-state index in [-0.39, 0.29) is 18.4 Å². The number of carbonyl (C=O) groups excluding carboxylic acids is 1. The first-order chi connectivity index (χ1) is 11.0. The number of rotatable bonds is 6. The highest BCUT2D eigenvalue weighted by Gasteiger charge is 2.34. The van der Waals surface area contributed by atoms with Crippen LogP contribution in [0.2, 0.25) is 0 Å². The number of nitrogens with one attached hydrogen (secondary N) is 1. The van der Waals surface area contributed by atoms with Crippen molar-refractivity contribution in [2.75, 3.05) is 26.2 Å². The highest BCUT2D eigenvalue weighted by atomic mass is 32.2. The van der Waals surface area contributed by atoms with E-state index in [0.717, 1.165) is 19.3 Å². The predicted octanol–water partition coefficient (Wildman–Crippen LogP) is 0.760. The third-order valence-electron chi connectivity index (χ3n) is 4.45. The fraction of sp³-hybridized carbons (Fsp3) is 0.562. The molecule has 126 valence electrons. The van der Waals surface area contributed by atoms with Crippen molar-refractivity contribution in [3.63, 3.8) is 0 Å². The lowest BCUT2D eigenvalue weighted by Crippen LogP contribution is -2.45. The van der Waals surface area contributed by atoms with E-state index < -0.39 is 10.2 Å². The Morgan fingerprint density at radius 2 is 1.83 bits per heavy atom. The van der Waals surface area contributed by atoms with E-state index >= 15 is 0 Å². The minimum atomic E-state index is -3.45.